The maximum atomic E-state index is 10.0. The van der Waals surface area contributed by atoms with Gasteiger partial charge in [-0.05, 0) is 47.2 Å². The Hall–Kier alpha value is -2.72. The second-order valence-corrected chi connectivity index (χ2v) is 6.93. The van der Waals surface area contributed by atoms with Crippen molar-refractivity contribution in [3.63, 3.8) is 0 Å². The average Bonchev–Trinajstić information content (AvgIpc) is 2.95. The van der Waals surface area contributed by atoms with Gasteiger partial charge in [-0.25, -0.2) is 0 Å². The fraction of sp³-hybridized carbons (Fsp3) is 0.143. The summed E-state index contributed by atoms with van der Waals surface area (Å²) >= 11 is 1.60. The summed E-state index contributed by atoms with van der Waals surface area (Å²) in [5, 5.41) is 22.6. The van der Waals surface area contributed by atoms with E-state index in [1.165, 1.54) is 0 Å². The molecule has 1 heterocycles. The fourth-order valence-electron chi connectivity index (χ4n) is 2.79. The van der Waals surface area contributed by atoms with Crippen LogP contribution in [0.2, 0.25) is 0 Å². The molecule has 3 rings (SSSR count). The van der Waals surface area contributed by atoms with Crippen LogP contribution in [-0.4, -0.2) is 10.2 Å². The van der Waals surface area contributed by atoms with E-state index in [9.17, 15) is 10.2 Å². The smallest absolute Gasteiger partial charge is 0.122 e. The Morgan fingerprint density at radius 3 is 2.72 bits per heavy atom. The zero-order valence-electron chi connectivity index (χ0n) is 14.1. The number of aryl methyl sites for hydroxylation is 1. The van der Waals surface area contributed by atoms with E-state index in [4.69, 9.17) is 4.74 Å². The minimum atomic E-state index is 0.143. The molecule has 128 valence electrons. The van der Waals surface area contributed by atoms with Gasteiger partial charge < -0.3 is 14.9 Å². The Labute approximate surface area is 151 Å². The zero-order chi connectivity index (χ0) is 18.0. The van der Waals surface area contributed by atoms with E-state index in [-0.39, 0.29) is 11.5 Å². The van der Waals surface area contributed by atoms with Crippen molar-refractivity contribution in [2.24, 2.45) is 0 Å². The first kappa shape index (κ1) is 17.1. The number of allylic oxidation sites excluding steroid dienone is 1. The lowest BCUT2D eigenvalue weighted by Gasteiger charge is -2.10. The van der Waals surface area contributed by atoms with Crippen LogP contribution in [0.3, 0.4) is 0 Å². The van der Waals surface area contributed by atoms with Gasteiger partial charge in [-0.3, -0.25) is 0 Å². The van der Waals surface area contributed by atoms with Crippen molar-refractivity contribution in [3.8, 4) is 11.5 Å². The summed E-state index contributed by atoms with van der Waals surface area (Å²) in [6.07, 6.45) is 2.22. The predicted octanol–water partition coefficient (Wildman–Crippen LogP) is 5.75. The molecule has 3 nitrogen and oxygen atoms in total. The molecule has 0 amide bonds. The number of thiophene rings is 1. The lowest BCUT2D eigenvalue weighted by atomic mass is 10.0. The largest absolute Gasteiger partial charge is 0.513 e. The first-order valence-corrected chi connectivity index (χ1v) is 8.80. The number of benzene rings is 2. The van der Waals surface area contributed by atoms with Crippen molar-refractivity contribution < 1.29 is 14.9 Å². The Balaban J connectivity index is 1.90. The monoisotopic (exact) mass is 352 g/mol. The first-order chi connectivity index (χ1) is 12.0. The summed E-state index contributed by atoms with van der Waals surface area (Å²) in [5.41, 5.74) is 3.74. The molecule has 1 aromatic heterocycles. The van der Waals surface area contributed by atoms with Gasteiger partial charge in [-0.1, -0.05) is 31.4 Å². The number of aromatic hydroxyl groups is 1. The Kier molecular flexibility index (Phi) is 4.81. The van der Waals surface area contributed by atoms with Crippen LogP contribution in [-0.2, 0) is 13.0 Å². The van der Waals surface area contributed by atoms with Crippen LogP contribution in [0.15, 0.2) is 54.6 Å². The first-order valence-electron chi connectivity index (χ1n) is 7.92. The molecule has 2 aromatic carbocycles. The molecule has 0 radical (unpaired) electrons. The van der Waals surface area contributed by atoms with Gasteiger partial charge in [0.05, 0.1) is 5.76 Å². The third kappa shape index (κ3) is 3.69. The second-order valence-electron chi connectivity index (χ2n) is 6.01. The van der Waals surface area contributed by atoms with Gasteiger partial charge in [0.15, 0.2) is 0 Å². The maximum Gasteiger partial charge on any atom is 0.122 e. The number of phenolic OH excluding ortho intramolecular Hbond substituents is 1. The summed E-state index contributed by atoms with van der Waals surface area (Å²) in [7, 11) is 0. The fourth-order valence-corrected chi connectivity index (χ4v) is 3.81. The molecule has 0 unspecified atom stereocenters. The molecule has 0 aliphatic heterocycles. The van der Waals surface area contributed by atoms with Crippen LogP contribution < -0.4 is 4.74 Å². The highest BCUT2D eigenvalue weighted by atomic mass is 32.1. The Morgan fingerprint density at radius 2 is 2.04 bits per heavy atom. The summed E-state index contributed by atoms with van der Waals surface area (Å²) in [4.78, 5) is 0. The number of hydrogen-bond donors (Lipinski definition) is 2. The molecule has 0 saturated carbocycles. The highest BCUT2D eigenvalue weighted by Gasteiger charge is 2.11. The molecule has 0 saturated heterocycles. The van der Waals surface area contributed by atoms with Gasteiger partial charge in [-0.15, -0.1) is 11.3 Å². The summed E-state index contributed by atoms with van der Waals surface area (Å²) in [5.74, 6) is 1.10. The molecule has 0 fully saturated rings. The third-order valence-corrected chi connectivity index (χ3v) is 4.98. The SMILES string of the molecule is C=Cc1cc(OCc2ccc(C)cc2O)cc2scc(CC(=C)O)c12. The number of rotatable bonds is 6. The van der Waals surface area contributed by atoms with Crippen LogP contribution in [0.5, 0.6) is 11.5 Å². The van der Waals surface area contributed by atoms with Crippen molar-refractivity contribution in [1.29, 1.82) is 0 Å². The lowest BCUT2D eigenvalue weighted by molar-refractivity contribution is 0.299. The highest BCUT2D eigenvalue weighted by Crippen LogP contribution is 2.35. The van der Waals surface area contributed by atoms with E-state index >= 15 is 0 Å². The van der Waals surface area contributed by atoms with Crippen LogP contribution in [0, 0.1) is 6.92 Å². The molecular formula is C21H20O3S. The summed E-state index contributed by atoms with van der Waals surface area (Å²) in [6.45, 7) is 9.69. The molecule has 2 N–H and O–H groups in total. The third-order valence-electron chi connectivity index (χ3n) is 4.01. The van der Waals surface area contributed by atoms with Gasteiger partial charge in [0.1, 0.15) is 18.1 Å². The minimum absolute atomic E-state index is 0.143. The number of phenols is 1. The number of ether oxygens (including phenoxy) is 1. The molecular weight excluding hydrogens is 332 g/mol. The zero-order valence-corrected chi connectivity index (χ0v) is 14.9. The van der Waals surface area contributed by atoms with Gasteiger partial charge in [0.2, 0.25) is 0 Å². The minimum Gasteiger partial charge on any atom is -0.513 e. The molecule has 0 aliphatic rings. The average molecular weight is 352 g/mol. The summed E-state index contributed by atoms with van der Waals surface area (Å²) in [6, 6.07) is 9.45. The van der Waals surface area contributed by atoms with E-state index < -0.39 is 0 Å². The maximum absolute atomic E-state index is 10.0. The molecule has 0 atom stereocenters. The number of hydrogen-bond acceptors (Lipinski definition) is 4. The second kappa shape index (κ2) is 7.03. The number of fused-ring (bicyclic) bond motifs is 1. The van der Waals surface area contributed by atoms with Crippen LogP contribution in [0.4, 0.5) is 0 Å². The van der Waals surface area contributed by atoms with E-state index in [0.717, 1.165) is 38.1 Å². The van der Waals surface area contributed by atoms with Crippen molar-refractivity contribution in [2.45, 2.75) is 20.0 Å². The molecule has 0 aliphatic carbocycles. The number of aliphatic hydroxyl groups excluding tert-OH is 1. The molecule has 0 spiro atoms. The van der Waals surface area contributed by atoms with Gasteiger partial charge in [0, 0.05) is 22.1 Å². The standard InChI is InChI=1S/C21H20O3S/c1-4-15-9-18(24-11-16-6-5-13(2)7-19(16)23)10-20-21(15)17(12-25-20)8-14(3)22/h4-7,9-10,12,22-23H,1,3,8,11H2,2H3. The van der Waals surface area contributed by atoms with Crippen LogP contribution in [0.25, 0.3) is 16.2 Å². The van der Waals surface area contributed by atoms with E-state index in [0.29, 0.717) is 13.0 Å². The van der Waals surface area contributed by atoms with Crippen LogP contribution >= 0.6 is 11.3 Å². The summed E-state index contributed by atoms with van der Waals surface area (Å²) < 4.78 is 6.95. The van der Waals surface area contributed by atoms with E-state index in [1.807, 2.05) is 36.6 Å². The molecule has 4 heteroatoms. The van der Waals surface area contributed by atoms with Crippen molar-refractivity contribution in [2.75, 3.05) is 0 Å². The topological polar surface area (TPSA) is 49.7 Å². The van der Waals surface area contributed by atoms with Gasteiger partial charge in [0.25, 0.3) is 0 Å². The molecule has 0 bridgehead atoms. The number of aliphatic hydroxyl groups is 1. The van der Waals surface area contributed by atoms with Crippen molar-refractivity contribution >= 4 is 27.5 Å². The van der Waals surface area contributed by atoms with E-state index in [1.54, 1.807) is 23.5 Å². The molecule has 25 heavy (non-hydrogen) atoms. The Bertz CT molecular complexity index is 953. The highest BCUT2D eigenvalue weighted by molar-refractivity contribution is 7.17. The van der Waals surface area contributed by atoms with Gasteiger partial charge >= 0.3 is 0 Å². The predicted molar refractivity (Wildman–Crippen MR) is 105 cm³/mol. The van der Waals surface area contributed by atoms with Gasteiger partial charge in [-0.2, -0.15) is 0 Å². The van der Waals surface area contributed by atoms with Crippen molar-refractivity contribution in [3.05, 3.63) is 76.9 Å². The Morgan fingerprint density at radius 1 is 1.24 bits per heavy atom. The normalized spacial score (nSPS) is 10.8. The lowest BCUT2D eigenvalue weighted by Crippen LogP contribution is -1.97. The van der Waals surface area contributed by atoms with E-state index in [2.05, 4.69) is 13.2 Å². The molecule has 3 aromatic rings. The van der Waals surface area contributed by atoms with Crippen LogP contribution in [0.1, 0.15) is 22.3 Å². The van der Waals surface area contributed by atoms with Crippen molar-refractivity contribution in [1.82, 2.24) is 0 Å². The quantitative estimate of drug-likeness (QED) is 0.555.